The largest absolute Gasteiger partial charge is 0.335 e. The van der Waals surface area contributed by atoms with E-state index in [4.69, 9.17) is 0 Å². The molecule has 19 heavy (non-hydrogen) atoms. The number of urea groups is 1. The molecule has 0 spiro atoms. The van der Waals surface area contributed by atoms with Crippen LogP contribution in [-0.2, 0) is 0 Å². The molecule has 104 valence electrons. The van der Waals surface area contributed by atoms with Gasteiger partial charge in [-0.3, -0.25) is 0 Å². The maximum atomic E-state index is 12.0. The first-order valence-corrected chi connectivity index (χ1v) is 6.88. The van der Waals surface area contributed by atoms with E-state index < -0.39 is 0 Å². The molecule has 1 heterocycles. The van der Waals surface area contributed by atoms with Gasteiger partial charge in [-0.25, -0.2) is 4.79 Å². The van der Waals surface area contributed by atoms with Crippen molar-refractivity contribution in [2.45, 2.75) is 32.7 Å². The van der Waals surface area contributed by atoms with Crippen LogP contribution < -0.4 is 10.6 Å². The van der Waals surface area contributed by atoms with Crippen molar-refractivity contribution < 1.29 is 4.79 Å². The Morgan fingerprint density at radius 2 is 1.95 bits per heavy atom. The SMILES string of the molecule is Cc1cccc(NC(=O)NC2CCN(C)CC2)c1C. The first-order chi connectivity index (χ1) is 9.06. The minimum absolute atomic E-state index is 0.0942. The van der Waals surface area contributed by atoms with Gasteiger partial charge in [0.2, 0.25) is 0 Å². The Balaban J connectivity index is 1.89. The number of nitrogens with zero attached hydrogens (tertiary/aromatic N) is 1. The molecule has 1 aliphatic heterocycles. The van der Waals surface area contributed by atoms with Crippen molar-refractivity contribution in [2.75, 3.05) is 25.5 Å². The van der Waals surface area contributed by atoms with Crippen LogP contribution in [0.1, 0.15) is 24.0 Å². The van der Waals surface area contributed by atoms with Crippen LogP contribution in [-0.4, -0.2) is 37.1 Å². The maximum Gasteiger partial charge on any atom is 0.319 e. The summed E-state index contributed by atoms with van der Waals surface area (Å²) >= 11 is 0. The summed E-state index contributed by atoms with van der Waals surface area (Å²) in [7, 11) is 2.12. The molecule has 1 aromatic carbocycles. The molecule has 0 aromatic heterocycles. The number of carbonyl (C=O) groups is 1. The van der Waals surface area contributed by atoms with Gasteiger partial charge in [0.05, 0.1) is 0 Å². The molecule has 1 fully saturated rings. The molecule has 2 rings (SSSR count). The average Bonchev–Trinajstić information content (AvgIpc) is 2.38. The monoisotopic (exact) mass is 261 g/mol. The van der Waals surface area contributed by atoms with Crippen LogP contribution in [0.25, 0.3) is 0 Å². The van der Waals surface area contributed by atoms with Gasteiger partial charge in [-0.05, 0) is 64.0 Å². The number of hydrogen-bond donors (Lipinski definition) is 2. The van der Waals surface area contributed by atoms with E-state index in [1.54, 1.807) is 0 Å². The number of rotatable bonds is 2. The van der Waals surface area contributed by atoms with Crippen LogP contribution in [0.15, 0.2) is 18.2 Å². The second kappa shape index (κ2) is 6.06. The molecule has 0 atom stereocenters. The average molecular weight is 261 g/mol. The van der Waals surface area contributed by atoms with Crippen molar-refractivity contribution in [1.82, 2.24) is 10.2 Å². The van der Waals surface area contributed by atoms with Crippen molar-refractivity contribution in [3.05, 3.63) is 29.3 Å². The molecule has 2 N–H and O–H groups in total. The third kappa shape index (κ3) is 3.70. The lowest BCUT2D eigenvalue weighted by Gasteiger charge is -2.29. The molecule has 1 aliphatic rings. The Bertz CT molecular complexity index is 451. The van der Waals surface area contributed by atoms with Gasteiger partial charge < -0.3 is 15.5 Å². The Hall–Kier alpha value is -1.55. The van der Waals surface area contributed by atoms with Gasteiger partial charge in [0, 0.05) is 11.7 Å². The normalized spacial score (nSPS) is 17.2. The second-order valence-electron chi connectivity index (χ2n) is 5.42. The fourth-order valence-electron chi connectivity index (χ4n) is 2.38. The van der Waals surface area contributed by atoms with Crippen molar-refractivity contribution >= 4 is 11.7 Å². The number of likely N-dealkylation sites (tertiary alicyclic amines) is 1. The highest BCUT2D eigenvalue weighted by molar-refractivity contribution is 5.90. The van der Waals surface area contributed by atoms with Crippen LogP contribution in [0.3, 0.4) is 0 Å². The molecule has 0 bridgehead atoms. The quantitative estimate of drug-likeness (QED) is 0.859. The van der Waals surface area contributed by atoms with Crippen molar-refractivity contribution in [1.29, 1.82) is 0 Å². The maximum absolute atomic E-state index is 12.0. The first-order valence-electron chi connectivity index (χ1n) is 6.88. The van der Waals surface area contributed by atoms with E-state index in [-0.39, 0.29) is 6.03 Å². The Morgan fingerprint density at radius 3 is 2.63 bits per heavy atom. The number of carbonyl (C=O) groups excluding carboxylic acids is 1. The summed E-state index contributed by atoms with van der Waals surface area (Å²) in [6.45, 7) is 6.18. The molecule has 4 heteroatoms. The van der Waals surface area contributed by atoms with E-state index >= 15 is 0 Å². The molecule has 0 saturated carbocycles. The number of benzene rings is 1. The summed E-state index contributed by atoms with van der Waals surface area (Å²) in [6.07, 6.45) is 2.05. The van der Waals surface area contributed by atoms with Gasteiger partial charge in [0.1, 0.15) is 0 Å². The predicted octanol–water partition coefficient (Wildman–Crippen LogP) is 2.52. The van der Waals surface area contributed by atoms with Gasteiger partial charge in [-0.2, -0.15) is 0 Å². The van der Waals surface area contributed by atoms with E-state index in [9.17, 15) is 4.79 Å². The summed E-state index contributed by atoms with van der Waals surface area (Å²) in [5.74, 6) is 0. The van der Waals surface area contributed by atoms with Gasteiger partial charge in [-0.1, -0.05) is 12.1 Å². The van der Waals surface area contributed by atoms with E-state index in [2.05, 4.69) is 35.6 Å². The van der Waals surface area contributed by atoms with Gasteiger partial charge in [-0.15, -0.1) is 0 Å². The lowest BCUT2D eigenvalue weighted by atomic mass is 10.1. The van der Waals surface area contributed by atoms with Crippen molar-refractivity contribution in [3.8, 4) is 0 Å². The fourth-order valence-corrected chi connectivity index (χ4v) is 2.38. The van der Waals surface area contributed by atoms with Crippen LogP contribution in [0.4, 0.5) is 10.5 Å². The molecular formula is C15H23N3O. The Kier molecular flexibility index (Phi) is 4.43. The molecule has 0 unspecified atom stereocenters. The van der Waals surface area contributed by atoms with Gasteiger partial charge in [0.15, 0.2) is 0 Å². The van der Waals surface area contributed by atoms with Gasteiger partial charge >= 0.3 is 6.03 Å². The first kappa shape index (κ1) is 13.9. The standard InChI is InChI=1S/C15H23N3O/c1-11-5-4-6-14(12(11)2)17-15(19)16-13-7-9-18(3)10-8-13/h4-6,13H,7-10H2,1-3H3,(H2,16,17,19). The second-order valence-corrected chi connectivity index (χ2v) is 5.42. The summed E-state index contributed by atoms with van der Waals surface area (Å²) < 4.78 is 0. The smallest absolute Gasteiger partial charge is 0.319 e. The highest BCUT2D eigenvalue weighted by Crippen LogP contribution is 2.18. The summed E-state index contributed by atoms with van der Waals surface area (Å²) in [4.78, 5) is 14.3. The zero-order chi connectivity index (χ0) is 13.8. The molecule has 4 nitrogen and oxygen atoms in total. The fraction of sp³-hybridized carbons (Fsp3) is 0.533. The number of anilines is 1. The number of nitrogens with one attached hydrogen (secondary N) is 2. The van der Waals surface area contributed by atoms with Crippen molar-refractivity contribution in [3.63, 3.8) is 0 Å². The molecule has 1 aromatic rings. The van der Waals surface area contributed by atoms with Gasteiger partial charge in [0.25, 0.3) is 0 Å². The zero-order valence-corrected chi connectivity index (χ0v) is 12.0. The molecule has 0 aliphatic carbocycles. The number of hydrogen-bond acceptors (Lipinski definition) is 2. The Labute approximate surface area is 115 Å². The third-order valence-corrected chi connectivity index (χ3v) is 3.91. The molecular weight excluding hydrogens is 238 g/mol. The number of piperidine rings is 1. The molecule has 1 saturated heterocycles. The molecule has 0 radical (unpaired) electrons. The third-order valence-electron chi connectivity index (χ3n) is 3.91. The van der Waals surface area contributed by atoms with Crippen LogP contribution in [0, 0.1) is 13.8 Å². The van der Waals surface area contributed by atoms with E-state index in [0.717, 1.165) is 37.2 Å². The van der Waals surface area contributed by atoms with E-state index in [1.807, 2.05) is 19.1 Å². The van der Waals surface area contributed by atoms with Crippen LogP contribution in [0.5, 0.6) is 0 Å². The van der Waals surface area contributed by atoms with Crippen LogP contribution in [0.2, 0.25) is 0 Å². The number of aryl methyl sites for hydroxylation is 1. The molecule has 2 amide bonds. The topological polar surface area (TPSA) is 44.4 Å². The number of amides is 2. The summed E-state index contributed by atoms with van der Waals surface area (Å²) in [5, 5.41) is 6.00. The summed E-state index contributed by atoms with van der Waals surface area (Å²) in [5.41, 5.74) is 3.21. The van der Waals surface area contributed by atoms with E-state index in [0.29, 0.717) is 6.04 Å². The lowest BCUT2D eigenvalue weighted by Crippen LogP contribution is -2.44. The highest BCUT2D eigenvalue weighted by atomic mass is 16.2. The minimum Gasteiger partial charge on any atom is -0.335 e. The Morgan fingerprint density at radius 1 is 1.26 bits per heavy atom. The highest BCUT2D eigenvalue weighted by Gasteiger charge is 2.18. The lowest BCUT2D eigenvalue weighted by molar-refractivity contribution is 0.221. The summed E-state index contributed by atoms with van der Waals surface area (Å²) in [6, 6.07) is 6.16. The van der Waals surface area contributed by atoms with Crippen LogP contribution >= 0.6 is 0 Å². The minimum atomic E-state index is -0.0942. The van der Waals surface area contributed by atoms with E-state index in [1.165, 1.54) is 5.56 Å². The zero-order valence-electron chi connectivity index (χ0n) is 12.0. The predicted molar refractivity (Wildman–Crippen MR) is 78.6 cm³/mol. The van der Waals surface area contributed by atoms with Crippen molar-refractivity contribution in [2.24, 2.45) is 0 Å².